The van der Waals surface area contributed by atoms with Crippen molar-refractivity contribution in [3.8, 4) is 5.75 Å². The van der Waals surface area contributed by atoms with Crippen LogP contribution in [0.15, 0.2) is 24.3 Å². The highest BCUT2D eigenvalue weighted by atomic mass is 19.1. The van der Waals surface area contributed by atoms with Crippen molar-refractivity contribution in [2.75, 3.05) is 6.54 Å². The van der Waals surface area contributed by atoms with Crippen LogP contribution in [0.2, 0.25) is 0 Å². The predicted octanol–water partition coefficient (Wildman–Crippen LogP) is 1.91. The fourth-order valence-corrected chi connectivity index (χ4v) is 1.46. The van der Waals surface area contributed by atoms with Crippen molar-refractivity contribution in [2.45, 2.75) is 19.1 Å². The summed E-state index contributed by atoms with van der Waals surface area (Å²) in [5, 5.41) is 3.18. The van der Waals surface area contributed by atoms with Crippen molar-refractivity contribution >= 4 is 0 Å². The van der Waals surface area contributed by atoms with Gasteiger partial charge in [0.05, 0.1) is 0 Å². The Labute approximate surface area is 76.7 Å². The van der Waals surface area contributed by atoms with E-state index >= 15 is 0 Å². The molecule has 0 amide bonds. The molecule has 1 aromatic rings. The normalized spacial score (nSPS) is 21.8. The van der Waals surface area contributed by atoms with E-state index in [1.807, 2.05) is 0 Å². The first-order valence-corrected chi connectivity index (χ1v) is 4.50. The van der Waals surface area contributed by atoms with Gasteiger partial charge in [0.2, 0.25) is 0 Å². The van der Waals surface area contributed by atoms with Gasteiger partial charge in [0, 0.05) is 6.07 Å². The van der Waals surface area contributed by atoms with Gasteiger partial charge in [0.15, 0.2) is 0 Å². The van der Waals surface area contributed by atoms with Crippen molar-refractivity contribution in [3.05, 3.63) is 30.1 Å². The van der Waals surface area contributed by atoms with Gasteiger partial charge in [-0.2, -0.15) is 0 Å². The molecule has 3 heteroatoms. The summed E-state index contributed by atoms with van der Waals surface area (Å²) in [5.74, 6) is 0.342. The molecule has 1 atom stereocenters. The average Bonchev–Trinajstić information content (AvgIpc) is 2.57. The van der Waals surface area contributed by atoms with Crippen LogP contribution >= 0.6 is 0 Å². The summed E-state index contributed by atoms with van der Waals surface area (Å²) in [6.07, 6.45) is 2.18. The van der Waals surface area contributed by atoms with E-state index in [1.165, 1.54) is 12.1 Å². The largest absolute Gasteiger partial charge is 0.475 e. The lowest BCUT2D eigenvalue weighted by Gasteiger charge is -2.12. The second-order valence-electron chi connectivity index (χ2n) is 3.16. The lowest BCUT2D eigenvalue weighted by atomic mass is 10.3. The van der Waals surface area contributed by atoms with Gasteiger partial charge in [-0.15, -0.1) is 0 Å². The number of benzene rings is 1. The molecule has 1 unspecified atom stereocenters. The molecule has 2 nitrogen and oxygen atoms in total. The van der Waals surface area contributed by atoms with Gasteiger partial charge >= 0.3 is 0 Å². The van der Waals surface area contributed by atoms with Gasteiger partial charge in [-0.25, -0.2) is 4.39 Å². The van der Waals surface area contributed by atoms with E-state index in [4.69, 9.17) is 4.74 Å². The molecule has 70 valence electrons. The van der Waals surface area contributed by atoms with Gasteiger partial charge in [-0.05, 0) is 31.5 Å². The summed E-state index contributed by atoms with van der Waals surface area (Å²) < 4.78 is 18.2. The first-order chi connectivity index (χ1) is 6.34. The second-order valence-corrected chi connectivity index (χ2v) is 3.16. The van der Waals surface area contributed by atoms with Gasteiger partial charge in [0.1, 0.15) is 17.8 Å². The number of hydrogen-bond acceptors (Lipinski definition) is 2. The van der Waals surface area contributed by atoms with E-state index < -0.39 is 0 Å². The third kappa shape index (κ3) is 2.18. The molecule has 0 radical (unpaired) electrons. The second kappa shape index (κ2) is 3.75. The van der Waals surface area contributed by atoms with E-state index in [9.17, 15) is 4.39 Å². The molecular formula is C10H12FNO. The molecule has 1 aromatic carbocycles. The molecule has 0 aromatic heterocycles. The van der Waals surface area contributed by atoms with E-state index in [0.29, 0.717) is 5.75 Å². The van der Waals surface area contributed by atoms with Crippen LogP contribution in [0.25, 0.3) is 0 Å². The van der Waals surface area contributed by atoms with Crippen LogP contribution in [0.5, 0.6) is 5.75 Å². The summed E-state index contributed by atoms with van der Waals surface area (Å²) in [6.45, 7) is 0.986. The maximum atomic E-state index is 12.7. The van der Waals surface area contributed by atoms with E-state index in [-0.39, 0.29) is 12.0 Å². The fraction of sp³-hybridized carbons (Fsp3) is 0.400. The quantitative estimate of drug-likeness (QED) is 0.752. The van der Waals surface area contributed by atoms with Crippen molar-refractivity contribution < 1.29 is 9.13 Å². The third-order valence-electron chi connectivity index (χ3n) is 2.09. The number of rotatable bonds is 2. The summed E-state index contributed by atoms with van der Waals surface area (Å²) in [5.41, 5.74) is 0. The SMILES string of the molecule is Fc1cccc(OC2CCCN2)c1. The topological polar surface area (TPSA) is 21.3 Å². The molecule has 1 aliphatic rings. The molecule has 0 aliphatic carbocycles. The Morgan fingerprint density at radius 1 is 1.46 bits per heavy atom. The minimum absolute atomic E-state index is 0.0572. The predicted molar refractivity (Wildman–Crippen MR) is 48.1 cm³/mol. The Balaban J connectivity index is 2.00. The lowest BCUT2D eigenvalue weighted by molar-refractivity contribution is 0.187. The third-order valence-corrected chi connectivity index (χ3v) is 2.09. The number of ether oxygens (including phenoxy) is 1. The van der Waals surface area contributed by atoms with Crippen LogP contribution in [-0.2, 0) is 0 Å². The monoisotopic (exact) mass is 181 g/mol. The van der Waals surface area contributed by atoms with Crippen LogP contribution in [0.4, 0.5) is 4.39 Å². The van der Waals surface area contributed by atoms with Crippen molar-refractivity contribution in [2.24, 2.45) is 0 Å². The minimum atomic E-state index is -0.254. The van der Waals surface area contributed by atoms with Gasteiger partial charge in [-0.3, -0.25) is 5.32 Å². The van der Waals surface area contributed by atoms with E-state index in [0.717, 1.165) is 19.4 Å². The van der Waals surface area contributed by atoms with Crippen molar-refractivity contribution in [1.29, 1.82) is 0 Å². The van der Waals surface area contributed by atoms with Crippen LogP contribution in [0.3, 0.4) is 0 Å². The van der Waals surface area contributed by atoms with Crippen LogP contribution in [-0.4, -0.2) is 12.8 Å². The molecule has 1 heterocycles. The summed E-state index contributed by atoms with van der Waals surface area (Å²) in [4.78, 5) is 0. The smallest absolute Gasteiger partial charge is 0.150 e. The van der Waals surface area contributed by atoms with Gasteiger partial charge in [-0.1, -0.05) is 6.07 Å². The summed E-state index contributed by atoms with van der Waals surface area (Å²) >= 11 is 0. The van der Waals surface area contributed by atoms with E-state index in [2.05, 4.69) is 5.32 Å². The summed E-state index contributed by atoms with van der Waals surface area (Å²) in [7, 11) is 0. The average molecular weight is 181 g/mol. The molecule has 1 aliphatic heterocycles. The highest BCUT2D eigenvalue weighted by Crippen LogP contribution is 2.16. The van der Waals surface area contributed by atoms with Crippen molar-refractivity contribution in [1.82, 2.24) is 5.32 Å². The van der Waals surface area contributed by atoms with Crippen LogP contribution in [0, 0.1) is 5.82 Å². The zero-order chi connectivity index (χ0) is 9.10. The number of hydrogen-bond donors (Lipinski definition) is 1. The molecule has 0 bridgehead atoms. The number of halogens is 1. The summed E-state index contributed by atoms with van der Waals surface area (Å²) in [6, 6.07) is 6.23. The molecule has 1 saturated heterocycles. The maximum Gasteiger partial charge on any atom is 0.150 e. The Morgan fingerprint density at radius 3 is 3.08 bits per heavy atom. The van der Waals surface area contributed by atoms with Crippen LogP contribution < -0.4 is 10.1 Å². The van der Waals surface area contributed by atoms with Gasteiger partial charge in [0.25, 0.3) is 0 Å². The first kappa shape index (κ1) is 8.51. The zero-order valence-corrected chi connectivity index (χ0v) is 7.29. The highest BCUT2D eigenvalue weighted by Gasteiger charge is 2.14. The van der Waals surface area contributed by atoms with Crippen molar-refractivity contribution in [3.63, 3.8) is 0 Å². The standard InChI is InChI=1S/C10H12FNO/c11-8-3-1-4-9(7-8)13-10-5-2-6-12-10/h1,3-4,7,10,12H,2,5-6H2. The Hall–Kier alpha value is -1.09. The zero-order valence-electron chi connectivity index (χ0n) is 7.29. The fourth-order valence-electron chi connectivity index (χ4n) is 1.46. The van der Waals surface area contributed by atoms with Gasteiger partial charge < -0.3 is 4.74 Å². The molecular weight excluding hydrogens is 169 g/mol. The Bertz CT molecular complexity index is 284. The lowest BCUT2D eigenvalue weighted by Crippen LogP contribution is -2.27. The Kier molecular flexibility index (Phi) is 2.45. The number of nitrogens with one attached hydrogen (secondary N) is 1. The molecule has 1 fully saturated rings. The molecule has 13 heavy (non-hydrogen) atoms. The Morgan fingerprint density at radius 2 is 2.38 bits per heavy atom. The minimum Gasteiger partial charge on any atom is -0.475 e. The molecule has 1 N–H and O–H groups in total. The maximum absolute atomic E-state index is 12.7. The van der Waals surface area contributed by atoms with E-state index in [1.54, 1.807) is 12.1 Å². The molecule has 2 rings (SSSR count). The molecule has 0 spiro atoms. The molecule has 0 saturated carbocycles. The first-order valence-electron chi connectivity index (χ1n) is 4.50. The highest BCUT2D eigenvalue weighted by molar-refractivity contribution is 5.22. The van der Waals surface area contributed by atoms with Crippen LogP contribution in [0.1, 0.15) is 12.8 Å².